The molecule has 0 fully saturated rings. The molecule has 224 valence electrons. The zero-order valence-corrected chi connectivity index (χ0v) is 27.4. The fourth-order valence-corrected chi connectivity index (χ4v) is 6.29. The fraction of sp³-hybridized carbons (Fsp3) is 0.182. The fourth-order valence-electron chi connectivity index (χ4n) is 6.29. The van der Waals surface area contributed by atoms with Crippen molar-refractivity contribution in [3.63, 3.8) is 0 Å². The van der Waals surface area contributed by atoms with Gasteiger partial charge >= 0.3 is 0 Å². The maximum Gasteiger partial charge on any atom is 0.0414 e. The summed E-state index contributed by atoms with van der Waals surface area (Å²) in [5.74, 6) is 0.590. The van der Waals surface area contributed by atoms with Crippen LogP contribution in [0.15, 0.2) is 133 Å². The summed E-state index contributed by atoms with van der Waals surface area (Å²) in [5, 5.41) is 0. The molecule has 0 aliphatic rings. The number of benzene rings is 6. The summed E-state index contributed by atoms with van der Waals surface area (Å²) >= 11 is 0. The highest BCUT2D eigenvalue weighted by molar-refractivity contribution is 5.78. The molecule has 0 aromatic heterocycles. The second-order valence-corrected chi connectivity index (χ2v) is 12.5. The van der Waals surface area contributed by atoms with Crippen LogP contribution in [0.3, 0.4) is 0 Å². The number of hydrogen-bond donors (Lipinski definition) is 0. The Balaban J connectivity index is 1.18. The summed E-state index contributed by atoms with van der Waals surface area (Å²) in [7, 11) is 2.15. The molecule has 6 aromatic rings. The Labute approximate surface area is 269 Å². The molecule has 0 N–H and O–H groups in total. The third kappa shape index (κ3) is 6.49. The molecule has 1 heteroatoms. The molecule has 0 heterocycles. The zero-order chi connectivity index (χ0) is 31.5. The van der Waals surface area contributed by atoms with Gasteiger partial charge in [-0.3, -0.25) is 0 Å². The number of rotatable bonds is 8. The summed E-state index contributed by atoms with van der Waals surface area (Å²) in [5.41, 5.74) is 17.7. The molecule has 1 atom stereocenters. The van der Waals surface area contributed by atoms with Crippen LogP contribution in [0.2, 0.25) is 0 Å². The summed E-state index contributed by atoms with van der Waals surface area (Å²) in [6, 6.07) is 49.2. The van der Waals surface area contributed by atoms with Crippen molar-refractivity contribution in [1.29, 1.82) is 0 Å². The minimum atomic E-state index is 0.590. The van der Waals surface area contributed by atoms with Crippen LogP contribution in [0.1, 0.15) is 48.4 Å². The molecule has 0 saturated carbocycles. The van der Waals surface area contributed by atoms with Crippen molar-refractivity contribution in [2.75, 3.05) is 11.9 Å². The Morgan fingerprint density at radius 2 is 0.978 bits per heavy atom. The molecule has 0 aliphatic carbocycles. The lowest BCUT2D eigenvalue weighted by Crippen LogP contribution is -2.09. The topological polar surface area (TPSA) is 3.24 Å². The van der Waals surface area contributed by atoms with E-state index in [2.05, 4.69) is 180 Å². The Morgan fingerprint density at radius 3 is 1.53 bits per heavy atom. The minimum Gasteiger partial charge on any atom is -0.345 e. The predicted octanol–water partition coefficient (Wildman–Crippen LogP) is 12.6. The van der Waals surface area contributed by atoms with Gasteiger partial charge in [0.2, 0.25) is 0 Å². The highest BCUT2D eigenvalue weighted by Gasteiger charge is 2.11. The van der Waals surface area contributed by atoms with Crippen LogP contribution >= 0.6 is 0 Å². The van der Waals surface area contributed by atoms with Crippen molar-refractivity contribution in [3.8, 4) is 44.5 Å². The Bertz CT molecular complexity index is 1910. The summed E-state index contributed by atoms with van der Waals surface area (Å²) in [4.78, 5) is 2.28. The highest BCUT2D eigenvalue weighted by atomic mass is 15.1. The van der Waals surface area contributed by atoms with Crippen molar-refractivity contribution in [1.82, 2.24) is 0 Å². The largest absolute Gasteiger partial charge is 0.345 e. The van der Waals surface area contributed by atoms with Crippen molar-refractivity contribution in [2.45, 2.75) is 47.0 Å². The first-order chi connectivity index (χ1) is 21.8. The quantitative estimate of drug-likeness (QED) is 0.172. The van der Waals surface area contributed by atoms with E-state index < -0.39 is 0 Å². The van der Waals surface area contributed by atoms with E-state index in [1.54, 1.807) is 0 Å². The third-order valence-electron chi connectivity index (χ3n) is 9.36. The monoisotopic (exact) mass is 585 g/mol. The van der Waals surface area contributed by atoms with Gasteiger partial charge in [-0.2, -0.15) is 0 Å². The lowest BCUT2D eigenvalue weighted by Gasteiger charge is -2.22. The molecule has 6 aromatic carbocycles. The lowest BCUT2D eigenvalue weighted by atomic mass is 9.95. The van der Waals surface area contributed by atoms with E-state index in [0.717, 1.165) is 6.42 Å². The second kappa shape index (κ2) is 13.0. The first-order valence-corrected chi connectivity index (χ1v) is 16.1. The van der Waals surface area contributed by atoms with Crippen LogP contribution in [0, 0.1) is 20.8 Å². The number of anilines is 2. The smallest absolute Gasteiger partial charge is 0.0414 e. The SMILES string of the molecule is CCC(C)c1ccc(-c2cccc(N(C)c3ccc(-c4ccc(-c5ccc(-c6ccc(C)cc6C)cc5)cc4)c(C)c3)c2)cc1. The average molecular weight is 586 g/mol. The lowest BCUT2D eigenvalue weighted by molar-refractivity contribution is 0.734. The normalized spacial score (nSPS) is 11.8. The predicted molar refractivity (Wildman–Crippen MR) is 196 cm³/mol. The maximum atomic E-state index is 2.29. The molecule has 0 spiro atoms. The van der Waals surface area contributed by atoms with E-state index in [-0.39, 0.29) is 0 Å². The molecular weight excluding hydrogens is 542 g/mol. The van der Waals surface area contributed by atoms with Gasteiger partial charge in [0.1, 0.15) is 0 Å². The van der Waals surface area contributed by atoms with Gasteiger partial charge in [0, 0.05) is 18.4 Å². The van der Waals surface area contributed by atoms with Crippen LogP contribution in [-0.2, 0) is 0 Å². The van der Waals surface area contributed by atoms with Gasteiger partial charge in [0.05, 0.1) is 0 Å². The second-order valence-electron chi connectivity index (χ2n) is 12.5. The Hall–Kier alpha value is -4.88. The molecule has 6 rings (SSSR count). The van der Waals surface area contributed by atoms with Crippen LogP contribution in [0.25, 0.3) is 44.5 Å². The number of nitrogens with zero attached hydrogens (tertiary/aromatic N) is 1. The van der Waals surface area contributed by atoms with E-state index in [4.69, 9.17) is 0 Å². The van der Waals surface area contributed by atoms with Crippen molar-refractivity contribution in [3.05, 3.63) is 156 Å². The zero-order valence-electron chi connectivity index (χ0n) is 27.4. The van der Waals surface area contributed by atoms with E-state index in [1.165, 1.54) is 78.1 Å². The van der Waals surface area contributed by atoms with Gasteiger partial charge in [-0.05, 0) is 119 Å². The van der Waals surface area contributed by atoms with Gasteiger partial charge in [0.25, 0.3) is 0 Å². The molecular formula is C44H43N. The average Bonchev–Trinajstić information content (AvgIpc) is 3.08. The minimum absolute atomic E-state index is 0.590. The first-order valence-electron chi connectivity index (χ1n) is 16.1. The van der Waals surface area contributed by atoms with Crippen LogP contribution < -0.4 is 4.90 Å². The van der Waals surface area contributed by atoms with Crippen molar-refractivity contribution < 1.29 is 0 Å². The highest BCUT2D eigenvalue weighted by Crippen LogP contribution is 2.34. The van der Waals surface area contributed by atoms with Gasteiger partial charge in [0.15, 0.2) is 0 Å². The van der Waals surface area contributed by atoms with Gasteiger partial charge in [-0.25, -0.2) is 0 Å². The van der Waals surface area contributed by atoms with Crippen molar-refractivity contribution >= 4 is 11.4 Å². The maximum absolute atomic E-state index is 2.29. The van der Waals surface area contributed by atoms with Gasteiger partial charge in [-0.1, -0.05) is 129 Å². The van der Waals surface area contributed by atoms with Gasteiger partial charge in [-0.15, -0.1) is 0 Å². The molecule has 0 bridgehead atoms. The van der Waals surface area contributed by atoms with Gasteiger partial charge < -0.3 is 4.90 Å². The van der Waals surface area contributed by atoms with E-state index in [9.17, 15) is 0 Å². The molecule has 1 nitrogen and oxygen atoms in total. The Morgan fingerprint density at radius 1 is 0.489 bits per heavy atom. The number of hydrogen-bond acceptors (Lipinski definition) is 1. The molecule has 0 saturated heterocycles. The van der Waals surface area contributed by atoms with E-state index >= 15 is 0 Å². The first kappa shape index (κ1) is 30.2. The molecule has 1 unspecified atom stereocenters. The molecule has 45 heavy (non-hydrogen) atoms. The molecule has 0 radical (unpaired) electrons. The summed E-state index contributed by atoms with van der Waals surface area (Å²) in [6.07, 6.45) is 1.16. The standard InChI is InChI=1S/C44H43N/c1-7-31(3)34-12-14-37(15-13-34)40-9-8-10-41(29-40)45(6)42-24-26-44(33(5)28-42)39-22-18-36(19-23-39)35-16-20-38(21-17-35)43-25-11-30(2)27-32(43)4/h8-29,31H,7H2,1-6H3. The molecule has 0 amide bonds. The molecule has 0 aliphatic heterocycles. The van der Waals surface area contributed by atoms with Crippen molar-refractivity contribution in [2.24, 2.45) is 0 Å². The van der Waals surface area contributed by atoms with E-state index in [0.29, 0.717) is 5.92 Å². The van der Waals surface area contributed by atoms with Crippen LogP contribution in [0.5, 0.6) is 0 Å². The van der Waals surface area contributed by atoms with Crippen LogP contribution in [-0.4, -0.2) is 7.05 Å². The Kier molecular flexibility index (Phi) is 8.71. The summed E-state index contributed by atoms with van der Waals surface area (Å²) < 4.78 is 0. The summed E-state index contributed by atoms with van der Waals surface area (Å²) in [6.45, 7) is 11.1. The van der Waals surface area contributed by atoms with Crippen LogP contribution in [0.4, 0.5) is 11.4 Å². The third-order valence-corrected chi connectivity index (χ3v) is 9.36. The number of aryl methyl sites for hydroxylation is 3. The van der Waals surface area contributed by atoms with E-state index in [1.807, 2.05) is 0 Å².